The number of halogens is 1. The first kappa shape index (κ1) is 11.0. The number of hydrogen-bond donors (Lipinski definition) is 1. The van der Waals surface area contributed by atoms with Crippen LogP contribution < -0.4 is 10.2 Å². The molecule has 0 atom stereocenters. The lowest BCUT2D eigenvalue weighted by Gasteiger charge is -2.33. The Morgan fingerprint density at radius 3 is 2.73 bits per heavy atom. The number of anilines is 1. The van der Waals surface area contributed by atoms with Gasteiger partial charge in [0.15, 0.2) is 0 Å². The summed E-state index contributed by atoms with van der Waals surface area (Å²) >= 11 is 3.52. The predicted molar refractivity (Wildman–Crippen MR) is 68.4 cm³/mol. The first-order valence-corrected chi connectivity index (χ1v) is 6.26. The summed E-state index contributed by atoms with van der Waals surface area (Å²) in [5, 5.41) is 3.40. The van der Waals surface area contributed by atoms with E-state index in [2.05, 4.69) is 57.5 Å². The maximum absolute atomic E-state index is 3.52. The van der Waals surface area contributed by atoms with E-state index >= 15 is 0 Å². The van der Waals surface area contributed by atoms with Crippen molar-refractivity contribution in [1.29, 1.82) is 0 Å². The summed E-state index contributed by atoms with van der Waals surface area (Å²) in [6.45, 7) is 2.28. The zero-order valence-corrected chi connectivity index (χ0v) is 10.6. The highest BCUT2D eigenvalue weighted by atomic mass is 79.9. The highest BCUT2D eigenvalue weighted by Crippen LogP contribution is 2.23. The maximum Gasteiger partial charge on any atom is 0.0377 e. The number of hydrogen-bond acceptors (Lipinski definition) is 2. The predicted octanol–water partition coefficient (Wildman–Crippen LogP) is 2.64. The average Bonchev–Trinajstić information content (AvgIpc) is 2.29. The molecule has 0 spiro atoms. The van der Waals surface area contributed by atoms with E-state index in [1.54, 1.807) is 0 Å². The molecule has 1 aromatic carbocycles. The molecule has 0 saturated carbocycles. The molecule has 2 nitrogen and oxygen atoms in total. The fourth-order valence-corrected chi connectivity index (χ4v) is 2.49. The molecule has 0 amide bonds. The molecular weight excluding hydrogens is 252 g/mol. The van der Waals surface area contributed by atoms with Crippen molar-refractivity contribution < 1.29 is 0 Å². The molecule has 3 heteroatoms. The molecule has 0 aromatic heterocycles. The quantitative estimate of drug-likeness (QED) is 0.888. The van der Waals surface area contributed by atoms with E-state index in [0.717, 1.165) is 17.6 Å². The van der Waals surface area contributed by atoms with Gasteiger partial charge < -0.3 is 10.2 Å². The van der Waals surface area contributed by atoms with Crippen LogP contribution in [0.5, 0.6) is 0 Å². The summed E-state index contributed by atoms with van der Waals surface area (Å²) in [6.07, 6.45) is 2.48. The van der Waals surface area contributed by atoms with Crippen molar-refractivity contribution >= 4 is 21.6 Å². The van der Waals surface area contributed by atoms with Crippen LogP contribution in [0.4, 0.5) is 5.69 Å². The summed E-state index contributed by atoms with van der Waals surface area (Å²) in [4.78, 5) is 2.39. The second-order valence-electron chi connectivity index (χ2n) is 4.07. The van der Waals surface area contributed by atoms with Crippen molar-refractivity contribution in [2.75, 3.05) is 25.0 Å². The van der Waals surface area contributed by atoms with E-state index in [1.807, 2.05) is 0 Å². The van der Waals surface area contributed by atoms with E-state index in [9.17, 15) is 0 Å². The Hall–Kier alpha value is -0.540. The fourth-order valence-electron chi connectivity index (χ4n) is 2.10. The van der Waals surface area contributed by atoms with Gasteiger partial charge in [-0.15, -0.1) is 0 Å². The van der Waals surface area contributed by atoms with Gasteiger partial charge in [0, 0.05) is 23.2 Å². The second kappa shape index (κ2) is 4.99. The van der Waals surface area contributed by atoms with Crippen molar-refractivity contribution in [3.05, 3.63) is 28.7 Å². The standard InChI is InChI=1S/C12H17BrN2/c1-15(11-5-7-14-8-6-11)12-4-2-3-10(13)9-12/h2-4,9,11,14H,5-8H2,1H3. The Labute approximate surface area is 99.8 Å². The number of nitrogens with one attached hydrogen (secondary N) is 1. The van der Waals surface area contributed by atoms with Crippen molar-refractivity contribution in [3.63, 3.8) is 0 Å². The van der Waals surface area contributed by atoms with E-state index in [-0.39, 0.29) is 0 Å². The van der Waals surface area contributed by atoms with E-state index < -0.39 is 0 Å². The van der Waals surface area contributed by atoms with Crippen LogP contribution >= 0.6 is 15.9 Å². The van der Waals surface area contributed by atoms with E-state index in [1.165, 1.54) is 18.5 Å². The van der Waals surface area contributed by atoms with Gasteiger partial charge in [-0.25, -0.2) is 0 Å². The SMILES string of the molecule is CN(c1cccc(Br)c1)C1CCNCC1. The van der Waals surface area contributed by atoms with Crippen LogP contribution in [-0.2, 0) is 0 Å². The van der Waals surface area contributed by atoms with Gasteiger partial charge >= 0.3 is 0 Å². The molecular formula is C12H17BrN2. The van der Waals surface area contributed by atoms with E-state index in [0.29, 0.717) is 6.04 Å². The summed E-state index contributed by atoms with van der Waals surface area (Å²) < 4.78 is 1.15. The molecule has 1 aliphatic rings. The average molecular weight is 269 g/mol. The number of rotatable bonds is 2. The normalized spacial score (nSPS) is 17.7. The van der Waals surface area contributed by atoms with Crippen LogP contribution in [0.1, 0.15) is 12.8 Å². The van der Waals surface area contributed by atoms with Crippen LogP contribution in [0.15, 0.2) is 28.7 Å². The molecule has 1 heterocycles. The minimum atomic E-state index is 0.681. The first-order valence-electron chi connectivity index (χ1n) is 5.46. The van der Waals surface area contributed by atoms with Crippen molar-refractivity contribution in [3.8, 4) is 0 Å². The van der Waals surface area contributed by atoms with Gasteiger partial charge in [0.2, 0.25) is 0 Å². The summed E-state index contributed by atoms with van der Waals surface area (Å²) in [7, 11) is 2.19. The van der Waals surface area contributed by atoms with Crippen LogP contribution in [-0.4, -0.2) is 26.2 Å². The second-order valence-corrected chi connectivity index (χ2v) is 4.99. The van der Waals surface area contributed by atoms with Crippen LogP contribution in [0.2, 0.25) is 0 Å². The van der Waals surface area contributed by atoms with Gasteiger partial charge in [-0.2, -0.15) is 0 Å². The minimum absolute atomic E-state index is 0.681. The third-order valence-electron chi connectivity index (χ3n) is 3.07. The van der Waals surface area contributed by atoms with Gasteiger partial charge in [-0.1, -0.05) is 22.0 Å². The lowest BCUT2D eigenvalue weighted by molar-refractivity contribution is 0.443. The third-order valence-corrected chi connectivity index (χ3v) is 3.57. The Morgan fingerprint density at radius 1 is 1.33 bits per heavy atom. The van der Waals surface area contributed by atoms with Crippen molar-refractivity contribution in [2.45, 2.75) is 18.9 Å². The molecule has 15 heavy (non-hydrogen) atoms. The van der Waals surface area contributed by atoms with Crippen LogP contribution in [0, 0.1) is 0 Å². The molecule has 1 fully saturated rings. The molecule has 0 bridgehead atoms. The topological polar surface area (TPSA) is 15.3 Å². The molecule has 0 radical (unpaired) electrons. The van der Waals surface area contributed by atoms with Gasteiger partial charge in [0.05, 0.1) is 0 Å². The number of benzene rings is 1. The van der Waals surface area contributed by atoms with Gasteiger partial charge in [-0.05, 0) is 44.1 Å². The molecule has 82 valence electrons. The van der Waals surface area contributed by atoms with Gasteiger partial charge in [0.25, 0.3) is 0 Å². The van der Waals surface area contributed by atoms with Crippen molar-refractivity contribution in [2.24, 2.45) is 0 Å². The molecule has 0 unspecified atom stereocenters. The molecule has 1 saturated heterocycles. The van der Waals surface area contributed by atoms with Crippen LogP contribution in [0.3, 0.4) is 0 Å². The van der Waals surface area contributed by atoms with Crippen LogP contribution in [0.25, 0.3) is 0 Å². The third kappa shape index (κ3) is 2.73. The summed E-state index contributed by atoms with van der Waals surface area (Å²) in [5.74, 6) is 0. The Bertz CT molecular complexity index is 321. The number of nitrogens with zero attached hydrogens (tertiary/aromatic N) is 1. The fraction of sp³-hybridized carbons (Fsp3) is 0.500. The monoisotopic (exact) mass is 268 g/mol. The molecule has 2 rings (SSSR count). The zero-order chi connectivity index (χ0) is 10.7. The zero-order valence-electron chi connectivity index (χ0n) is 9.04. The largest absolute Gasteiger partial charge is 0.371 e. The smallest absolute Gasteiger partial charge is 0.0377 e. The van der Waals surface area contributed by atoms with Crippen molar-refractivity contribution in [1.82, 2.24) is 5.32 Å². The lowest BCUT2D eigenvalue weighted by atomic mass is 10.0. The molecule has 0 aliphatic carbocycles. The Balaban J connectivity index is 2.08. The summed E-state index contributed by atoms with van der Waals surface area (Å²) in [6, 6.07) is 9.20. The van der Waals surface area contributed by atoms with E-state index in [4.69, 9.17) is 0 Å². The Kier molecular flexibility index (Phi) is 3.65. The van der Waals surface area contributed by atoms with Gasteiger partial charge in [-0.3, -0.25) is 0 Å². The highest BCUT2D eigenvalue weighted by Gasteiger charge is 2.17. The summed E-state index contributed by atoms with van der Waals surface area (Å²) in [5.41, 5.74) is 1.30. The van der Waals surface area contributed by atoms with Gasteiger partial charge in [0.1, 0.15) is 0 Å². The molecule has 1 aromatic rings. The molecule has 1 N–H and O–H groups in total. The highest BCUT2D eigenvalue weighted by molar-refractivity contribution is 9.10. The molecule has 1 aliphatic heterocycles. The minimum Gasteiger partial charge on any atom is -0.371 e. The Morgan fingerprint density at radius 2 is 2.07 bits per heavy atom. The maximum atomic E-state index is 3.52. The lowest BCUT2D eigenvalue weighted by Crippen LogP contribution is -2.41. The first-order chi connectivity index (χ1) is 7.27. The number of piperidine rings is 1.